The topological polar surface area (TPSA) is 55.6 Å². The van der Waals surface area contributed by atoms with Gasteiger partial charge in [-0.3, -0.25) is 0 Å². The van der Waals surface area contributed by atoms with Gasteiger partial charge in [0.25, 0.3) is 0 Å². The van der Waals surface area contributed by atoms with E-state index in [-0.39, 0.29) is 12.2 Å². The molecule has 4 nitrogen and oxygen atoms in total. The zero-order valence-corrected chi connectivity index (χ0v) is 9.63. The minimum Gasteiger partial charge on any atom is -0.439 e. The van der Waals surface area contributed by atoms with Gasteiger partial charge >= 0.3 is 6.09 Å². The van der Waals surface area contributed by atoms with E-state index in [9.17, 15) is 4.79 Å². The van der Waals surface area contributed by atoms with Crippen molar-refractivity contribution in [1.29, 1.82) is 0 Å². The van der Waals surface area contributed by atoms with E-state index in [1.54, 1.807) is 0 Å². The van der Waals surface area contributed by atoms with E-state index >= 15 is 0 Å². The lowest BCUT2D eigenvalue weighted by Crippen LogP contribution is -2.40. The fourth-order valence-corrected chi connectivity index (χ4v) is 2.36. The first-order valence-corrected chi connectivity index (χ1v) is 6.07. The van der Waals surface area contributed by atoms with E-state index in [4.69, 9.17) is 10.5 Å². The lowest BCUT2D eigenvalue weighted by Gasteiger charge is -2.32. The van der Waals surface area contributed by atoms with Crippen LogP contribution in [0.25, 0.3) is 0 Å². The Morgan fingerprint density at radius 2 is 1.94 bits per heavy atom. The molecule has 17 heavy (non-hydrogen) atoms. The van der Waals surface area contributed by atoms with Crippen molar-refractivity contribution in [2.45, 2.75) is 31.4 Å². The second-order valence-corrected chi connectivity index (χ2v) is 4.78. The molecule has 1 unspecified atom stereocenters. The summed E-state index contributed by atoms with van der Waals surface area (Å²) < 4.78 is 5.40. The first-order chi connectivity index (χ1) is 8.24. The fourth-order valence-electron chi connectivity index (χ4n) is 2.36. The van der Waals surface area contributed by atoms with Crippen LogP contribution >= 0.6 is 0 Å². The van der Waals surface area contributed by atoms with Gasteiger partial charge in [-0.1, -0.05) is 12.1 Å². The van der Waals surface area contributed by atoms with Crippen molar-refractivity contribution in [1.82, 2.24) is 4.90 Å². The SMILES string of the molecule is Nc1ccc(C2CN(C3CCC3)C(=O)O2)cc1. The van der Waals surface area contributed by atoms with Crippen LogP contribution < -0.4 is 5.73 Å². The van der Waals surface area contributed by atoms with E-state index in [1.165, 1.54) is 6.42 Å². The largest absolute Gasteiger partial charge is 0.439 e. The smallest absolute Gasteiger partial charge is 0.410 e. The quantitative estimate of drug-likeness (QED) is 0.796. The average Bonchev–Trinajstić information content (AvgIpc) is 2.60. The number of amides is 1. The number of nitrogens with two attached hydrogens (primary N) is 1. The van der Waals surface area contributed by atoms with E-state index in [0.29, 0.717) is 12.6 Å². The van der Waals surface area contributed by atoms with E-state index in [2.05, 4.69) is 0 Å². The molecule has 90 valence electrons. The summed E-state index contributed by atoms with van der Waals surface area (Å²) in [5.41, 5.74) is 7.39. The fraction of sp³-hybridized carbons (Fsp3) is 0.462. The normalized spacial score (nSPS) is 24.6. The molecule has 2 N–H and O–H groups in total. The third-order valence-corrected chi connectivity index (χ3v) is 3.66. The lowest BCUT2D eigenvalue weighted by molar-refractivity contribution is 0.118. The highest BCUT2D eigenvalue weighted by atomic mass is 16.6. The number of ether oxygens (including phenoxy) is 1. The molecule has 2 aliphatic rings. The highest BCUT2D eigenvalue weighted by Crippen LogP contribution is 2.33. The molecule has 0 aromatic heterocycles. The van der Waals surface area contributed by atoms with Gasteiger partial charge in [-0.25, -0.2) is 4.79 Å². The predicted octanol–water partition coefficient (Wildman–Crippen LogP) is 2.31. The van der Waals surface area contributed by atoms with Gasteiger partial charge in [-0.05, 0) is 37.0 Å². The molecule has 3 rings (SSSR count). The van der Waals surface area contributed by atoms with Gasteiger partial charge in [-0.2, -0.15) is 0 Å². The number of cyclic esters (lactones) is 1. The van der Waals surface area contributed by atoms with Gasteiger partial charge in [0, 0.05) is 11.7 Å². The van der Waals surface area contributed by atoms with Crippen molar-refractivity contribution < 1.29 is 9.53 Å². The Hall–Kier alpha value is -1.71. The molecule has 1 aromatic rings. The van der Waals surface area contributed by atoms with Crippen LogP contribution in [0.5, 0.6) is 0 Å². The zero-order chi connectivity index (χ0) is 11.8. The molecule has 0 radical (unpaired) electrons. The molecule has 1 amide bonds. The molecular formula is C13H16N2O2. The summed E-state index contributed by atoms with van der Waals surface area (Å²) in [6.45, 7) is 0.674. The molecule has 1 aliphatic carbocycles. The summed E-state index contributed by atoms with van der Waals surface area (Å²) in [5.74, 6) is 0. The Morgan fingerprint density at radius 1 is 1.24 bits per heavy atom. The Kier molecular flexibility index (Phi) is 2.42. The number of benzene rings is 1. The number of carbonyl (C=O) groups excluding carboxylic acids is 1. The number of rotatable bonds is 2. The van der Waals surface area contributed by atoms with Crippen LogP contribution in [0, 0.1) is 0 Å². The van der Waals surface area contributed by atoms with E-state index in [0.717, 1.165) is 24.1 Å². The first-order valence-electron chi connectivity index (χ1n) is 6.07. The number of nitrogen functional groups attached to an aromatic ring is 1. The molecular weight excluding hydrogens is 216 g/mol. The Labute approximate surface area is 100 Å². The van der Waals surface area contributed by atoms with Crippen LogP contribution in [-0.2, 0) is 4.74 Å². The minimum absolute atomic E-state index is 0.135. The Bertz CT molecular complexity index is 426. The standard InChI is InChI=1S/C13H16N2O2/c14-10-6-4-9(5-7-10)12-8-15(13(16)17-12)11-2-1-3-11/h4-7,11-12H,1-3,8,14H2. The molecule has 1 aromatic carbocycles. The molecule has 1 saturated carbocycles. The van der Waals surface area contributed by atoms with Crippen LogP contribution in [0.3, 0.4) is 0 Å². The summed E-state index contributed by atoms with van der Waals surface area (Å²) >= 11 is 0. The summed E-state index contributed by atoms with van der Waals surface area (Å²) in [4.78, 5) is 13.6. The summed E-state index contributed by atoms with van der Waals surface area (Å²) in [7, 11) is 0. The highest BCUT2D eigenvalue weighted by Gasteiger charge is 2.38. The highest BCUT2D eigenvalue weighted by molar-refractivity contribution is 5.71. The van der Waals surface area contributed by atoms with Gasteiger partial charge < -0.3 is 15.4 Å². The van der Waals surface area contributed by atoms with Crippen LogP contribution in [0.1, 0.15) is 30.9 Å². The van der Waals surface area contributed by atoms with Crippen LogP contribution in [0.15, 0.2) is 24.3 Å². The van der Waals surface area contributed by atoms with Crippen molar-refractivity contribution in [2.24, 2.45) is 0 Å². The average molecular weight is 232 g/mol. The molecule has 1 heterocycles. The van der Waals surface area contributed by atoms with Gasteiger partial charge in [0.05, 0.1) is 6.54 Å². The van der Waals surface area contributed by atoms with Gasteiger partial charge in [0.1, 0.15) is 6.10 Å². The second-order valence-electron chi connectivity index (χ2n) is 4.78. The van der Waals surface area contributed by atoms with Gasteiger partial charge in [-0.15, -0.1) is 0 Å². The van der Waals surface area contributed by atoms with Crippen molar-refractivity contribution in [3.8, 4) is 0 Å². The maximum atomic E-state index is 11.7. The van der Waals surface area contributed by atoms with Gasteiger partial charge in [0.15, 0.2) is 0 Å². The van der Waals surface area contributed by atoms with Crippen molar-refractivity contribution in [2.75, 3.05) is 12.3 Å². The van der Waals surface area contributed by atoms with Crippen LogP contribution in [0.2, 0.25) is 0 Å². The molecule has 4 heteroatoms. The lowest BCUT2D eigenvalue weighted by atomic mass is 9.91. The van der Waals surface area contributed by atoms with Crippen LogP contribution in [0.4, 0.5) is 10.5 Å². The number of carbonyl (C=O) groups is 1. The Balaban J connectivity index is 1.73. The maximum absolute atomic E-state index is 11.7. The molecule has 0 bridgehead atoms. The maximum Gasteiger partial charge on any atom is 0.410 e. The molecule has 1 atom stereocenters. The van der Waals surface area contributed by atoms with Crippen molar-refractivity contribution in [3.63, 3.8) is 0 Å². The van der Waals surface area contributed by atoms with Crippen LogP contribution in [-0.4, -0.2) is 23.6 Å². The Morgan fingerprint density at radius 3 is 2.53 bits per heavy atom. The first kappa shape index (κ1) is 10.4. The summed E-state index contributed by atoms with van der Waals surface area (Å²) in [5, 5.41) is 0. The number of hydrogen-bond donors (Lipinski definition) is 1. The zero-order valence-electron chi connectivity index (χ0n) is 9.63. The summed E-state index contributed by atoms with van der Waals surface area (Å²) in [6.07, 6.45) is 3.15. The van der Waals surface area contributed by atoms with Crippen molar-refractivity contribution >= 4 is 11.8 Å². The molecule has 0 spiro atoms. The number of nitrogens with zero attached hydrogens (tertiary/aromatic N) is 1. The summed E-state index contributed by atoms with van der Waals surface area (Å²) in [6, 6.07) is 7.95. The van der Waals surface area contributed by atoms with Gasteiger partial charge in [0.2, 0.25) is 0 Å². The monoisotopic (exact) mass is 232 g/mol. The second kappa shape index (κ2) is 3.95. The molecule has 1 aliphatic heterocycles. The number of hydrogen-bond acceptors (Lipinski definition) is 3. The third-order valence-electron chi connectivity index (χ3n) is 3.66. The minimum atomic E-state index is -0.170. The molecule has 2 fully saturated rings. The molecule has 1 saturated heterocycles. The predicted molar refractivity (Wildman–Crippen MR) is 64.4 cm³/mol. The third kappa shape index (κ3) is 1.84. The van der Waals surface area contributed by atoms with E-state index in [1.807, 2.05) is 29.2 Å². The number of anilines is 1. The van der Waals surface area contributed by atoms with E-state index < -0.39 is 0 Å². The van der Waals surface area contributed by atoms with Crippen molar-refractivity contribution in [3.05, 3.63) is 29.8 Å².